The number of benzene rings is 1. The van der Waals surface area contributed by atoms with Crippen LogP contribution in [0.25, 0.3) is 0 Å². The third-order valence-corrected chi connectivity index (χ3v) is 4.06. The number of rotatable bonds is 14. The Hall–Kier alpha value is -1.16. The summed E-state index contributed by atoms with van der Waals surface area (Å²) in [5.74, 6) is 0. The first-order chi connectivity index (χ1) is 11.7. The second kappa shape index (κ2) is 14.2. The van der Waals surface area contributed by atoms with E-state index in [4.69, 9.17) is 4.74 Å². The van der Waals surface area contributed by atoms with E-state index < -0.39 is 6.10 Å². The van der Waals surface area contributed by atoms with Crippen LogP contribution in [0.4, 0.5) is 0 Å². The summed E-state index contributed by atoms with van der Waals surface area (Å²) in [5, 5.41) is 19.7. The molecule has 0 radical (unpaired) electrons. The molecule has 1 aromatic carbocycles. The van der Waals surface area contributed by atoms with Crippen molar-refractivity contribution < 1.29 is 14.9 Å². The molecule has 0 aliphatic carbocycles. The van der Waals surface area contributed by atoms with Crippen molar-refractivity contribution >= 4 is 0 Å². The minimum absolute atomic E-state index is 0.272. The second-order valence-electron chi connectivity index (χ2n) is 6.41. The van der Waals surface area contributed by atoms with E-state index in [9.17, 15) is 10.2 Å². The molecule has 0 unspecified atom stereocenters. The smallest absolute Gasteiger partial charge is 0.0720 e. The predicted molar refractivity (Wildman–Crippen MR) is 99.9 cm³/mol. The Kier molecular flexibility index (Phi) is 12.4. The second-order valence-corrected chi connectivity index (χ2v) is 6.41. The van der Waals surface area contributed by atoms with Crippen LogP contribution in [0.15, 0.2) is 42.5 Å². The molecule has 3 nitrogen and oxygen atoms in total. The van der Waals surface area contributed by atoms with Gasteiger partial charge in [-0.25, -0.2) is 0 Å². The van der Waals surface area contributed by atoms with Gasteiger partial charge in [0.1, 0.15) is 0 Å². The average Bonchev–Trinajstić information content (AvgIpc) is 2.59. The number of hydrogen-bond donors (Lipinski definition) is 2. The molecule has 0 heterocycles. The predicted octanol–water partition coefficient (Wildman–Crippen LogP) is 4.62. The van der Waals surface area contributed by atoms with Crippen LogP contribution in [0.3, 0.4) is 0 Å². The number of hydrogen-bond acceptors (Lipinski definition) is 3. The molecule has 2 N–H and O–H groups in total. The van der Waals surface area contributed by atoms with Crippen LogP contribution in [0.5, 0.6) is 0 Å². The zero-order chi connectivity index (χ0) is 17.5. The lowest BCUT2D eigenvalue weighted by Crippen LogP contribution is -2.06. The lowest BCUT2D eigenvalue weighted by molar-refractivity contribution is 0.113. The van der Waals surface area contributed by atoms with Crippen molar-refractivity contribution in [1.29, 1.82) is 0 Å². The molecule has 136 valence electrons. The quantitative estimate of drug-likeness (QED) is 0.385. The third kappa shape index (κ3) is 11.4. The number of aliphatic hydroxyl groups is 2. The Bertz CT molecular complexity index is 416. The van der Waals surface area contributed by atoms with Crippen LogP contribution >= 0.6 is 0 Å². The fourth-order valence-electron chi connectivity index (χ4n) is 2.56. The fourth-order valence-corrected chi connectivity index (χ4v) is 2.56. The summed E-state index contributed by atoms with van der Waals surface area (Å²) in [4.78, 5) is 0. The van der Waals surface area contributed by atoms with Gasteiger partial charge in [-0.3, -0.25) is 0 Å². The van der Waals surface area contributed by atoms with E-state index in [-0.39, 0.29) is 6.10 Å². The minimum atomic E-state index is -0.415. The molecule has 0 saturated carbocycles. The number of ether oxygens (including phenoxy) is 1. The van der Waals surface area contributed by atoms with Crippen LogP contribution in [0.2, 0.25) is 0 Å². The van der Waals surface area contributed by atoms with Crippen molar-refractivity contribution in [2.24, 2.45) is 0 Å². The fraction of sp³-hybridized carbons (Fsp3) is 0.619. The summed E-state index contributed by atoms with van der Waals surface area (Å²) in [6.45, 7) is 3.54. The topological polar surface area (TPSA) is 49.7 Å². The minimum Gasteiger partial charge on any atom is -0.393 e. The largest absolute Gasteiger partial charge is 0.393 e. The molecule has 0 bridgehead atoms. The van der Waals surface area contributed by atoms with Gasteiger partial charge in [0.2, 0.25) is 0 Å². The third-order valence-electron chi connectivity index (χ3n) is 4.06. The first kappa shape index (κ1) is 20.9. The van der Waals surface area contributed by atoms with Crippen molar-refractivity contribution in [2.75, 3.05) is 6.61 Å². The molecule has 1 aromatic rings. The molecule has 1 rings (SSSR count). The van der Waals surface area contributed by atoms with E-state index >= 15 is 0 Å². The van der Waals surface area contributed by atoms with Gasteiger partial charge in [0, 0.05) is 6.61 Å². The van der Waals surface area contributed by atoms with Crippen molar-refractivity contribution in [2.45, 2.75) is 77.1 Å². The Balaban J connectivity index is 1.97. The molecule has 0 aliphatic heterocycles. The molecule has 2 atom stereocenters. The Morgan fingerprint density at radius 1 is 1.00 bits per heavy atom. The van der Waals surface area contributed by atoms with Crippen molar-refractivity contribution in [3.8, 4) is 0 Å². The molecular formula is C21H34O3. The van der Waals surface area contributed by atoms with Gasteiger partial charge in [-0.2, -0.15) is 0 Å². The molecule has 3 heteroatoms. The summed E-state index contributed by atoms with van der Waals surface area (Å²) in [6.07, 6.45) is 10.6. The summed E-state index contributed by atoms with van der Waals surface area (Å²) < 4.78 is 5.63. The number of aliphatic hydroxyl groups excluding tert-OH is 2. The summed E-state index contributed by atoms with van der Waals surface area (Å²) in [7, 11) is 0. The maximum atomic E-state index is 9.90. The van der Waals surface area contributed by atoms with Crippen LogP contribution in [-0.4, -0.2) is 29.0 Å². The first-order valence-corrected chi connectivity index (χ1v) is 9.36. The average molecular weight is 334 g/mol. The Labute approximate surface area is 147 Å². The van der Waals surface area contributed by atoms with Crippen molar-refractivity contribution in [1.82, 2.24) is 0 Å². The SMILES string of the molecule is CCCCC[C@@H](O)C/C=C/[C@@H](O)CCCCOCc1ccccc1. The lowest BCUT2D eigenvalue weighted by Gasteiger charge is -2.09. The molecule has 24 heavy (non-hydrogen) atoms. The molecule has 0 spiro atoms. The summed E-state index contributed by atoms with van der Waals surface area (Å²) in [6, 6.07) is 10.2. The summed E-state index contributed by atoms with van der Waals surface area (Å²) >= 11 is 0. The van der Waals surface area contributed by atoms with Crippen molar-refractivity contribution in [3.05, 3.63) is 48.0 Å². The van der Waals surface area contributed by atoms with E-state index in [1.54, 1.807) is 0 Å². The van der Waals surface area contributed by atoms with Gasteiger partial charge in [-0.15, -0.1) is 0 Å². The van der Waals surface area contributed by atoms with Crippen LogP contribution in [-0.2, 0) is 11.3 Å². The molecular weight excluding hydrogens is 300 g/mol. The zero-order valence-electron chi connectivity index (χ0n) is 15.1. The highest BCUT2D eigenvalue weighted by molar-refractivity contribution is 5.13. The molecule has 0 saturated heterocycles. The molecule has 0 amide bonds. The van der Waals surface area contributed by atoms with Gasteiger partial charge in [-0.1, -0.05) is 68.7 Å². The van der Waals surface area contributed by atoms with Gasteiger partial charge in [0.15, 0.2) is 0 Å². The Morgan fingerprint density at radius 3 is 2.50 bits per heavy atom. The van der Waals surface area contributed by atoms with Gasteiger partial charge in [-0.05, 0) is 37.7 Å². The van der Waals surface area contributed by atoms with E-state index in [2.05, 4.69) is 19.1 Å². The van der Waals surface area contributed by atoms with E-state index in [0.29, 0.717) is 13.0 Å². The van der Waals surface area contributed by atoms with E-state index in [0.717, 1.165) is 38.7 Å². The van der Waals surface area contributed by atoms with Gasteiger partial charge < -0.3 is 14.9 Å². The highest BCUT2D eigenvalue weighted by Crippen LogP contribution is 2.09. The zero-order valence-corrected chi connectivity index (χ0v) is 15.1. The summed E-state index contributed by atoms with van der Waals surface area (Å²) in [5.41, 5.74) is 1.19. The van der Waals surface area contributed by atoms with Crippen LogP contribution < -0.4 is 0 Å². The van der Waals surface area contributed by atoms with Gasteiger partial charge in [0.25, 0.3) is 0 Å². The van der Waals surface area contributed by atoms with Crippen LogP contribution in [0, 0.1) is 0 Å². The van der Waals surface area contributed by atoms with Crippen LogP contribution in [0.1, 0.15) is 63.9 Å². The normalized spacial score (nSPS) is 14.1. The van der Waals surface area contributed by atoms with Gasteiger partial charge >= 0.3 is 0 Å². The highest BCUT2D eigenvalue weighted by atomic mass is 16.5. The lowest BCUT2D eigenvalue weighted by atomic mass is 10.1. The Morgan fingerprint density at radius 2 is 1.75 bits per heavy atom. The monoisotopic (exact) mass is 334 g/mol. The van der Waals surface area contributed by atoms with E-state index in [1.807, 2.05) is 30.4 Å². The van der Waals surface area contributed by atoms with Gasteiger partial charge in [0.05, 0.1) is 18.8 Å². The first-order valence-electron chi connectivity index (χ1n) is 9.36. The van der Waals surface area contributed by atoms with Crippen molar-refractivity contribution in [3.63, 3.8) is 0 Å². The van der Waals surface area contributed by atoms with E-state index in [1.165, 1.54) is 18.4 Å². The maximum Gasteiger partial charge on any atom is 0.0720 e. The standard InChI is InChI=1S/C21H34O3/c1-2-3-5-13-20(22)15-10-16-21(23)14-8-9-17-24-18-19-11-6-4-7-12-19/h4,6-7,10-12,16,20-23H,2-3,5,8-9,13-15,17-18H2,1H3/b16-10+/t20-,21+/m1/s1. The number of unbranched alkanes of at least 4 members (excludes halogenated alkanes) is 3. The highest BCUT2D eigenvalue weighted by Gasteiger charge is 2.03. The molecule has 0 aromatic heterocycles. The maximum absolute atomic E-state index is 9.90. The molecule has 0 fully saturated rings. The molecule has 0 aliphatic rings.